The Morgan fingerprint density at radius 1 is 1.35 bits per heavy atom. The van der Waals surface area contributed by atoms with Crippen LogP contribution in [0.25, 0.3) is 0 Å². The van der Waals surface area contributed by atoms with Crippen molar-refractivity contribution in [2.45, 2.75) is 31.3 Å². The lowest BCUT2D eigenvalue weighted by atomic mass is 10.2. The number of amides is 1. The van der Waals surface area contributed by atoms with Crippen molar-refractivity contribution >= 4 is 21.8 Å². The summed E-state index contributed by atoms with van der Waals surface area (Å²) in [5.41, 5.74) is -1.38. The van der Waals surface area contributed by atoms with Crippen LogP contribution >= 0.6 is 0 Å². The largest absolute Gasteiger partial charge is 0.733 e. The molecule has 0 saturated heterocycles. The highest BCUT2D eigenvalue weighted by Gasteiger charge is 2.25. The first-order chi connectivity index (χ1) is 9.03. The number of carbonyl (C=O) groups excluding carboxylic acids is 1. The molecule has 0 atom stereocenters. The summed E-state index contributed by atoms with van der Waals surface area (Å²) in [5.74, 6) is 0. The molecule has 0 unspecified atom stereocenters. The van der Waals surface area contributed by atoms with E-state index in [9.17, 15) is 18.4 Å². The van der Waals surface area contributed by atoms with Crippen LogP contribution in [-0.2, 0) is 14.8 Å². The summed E-state index contributed by atoms with van der Waals surface area (Å²) >= 11 is 0. The number of carbonyl (C=O) groups is 1. The Kier molecular flexibility index (Phi) is 4.58. The summed E-state index contributed by atoms with van der Waals surface area (Å²) in [4.78, 5) is 10.9. The Bertz CT molecular complexity index is 591. The molecule has 0 spiro atoms. The molecule has 20 heavy (non-hydrogen) atoms. The van der Waals surface area contributed by atoms with Crippen molar-refractivity contribution in [2.24, 2.45) is 0 Å². The predicted octanol–water partition coefficient (Wildman–Crippen LogP) is 1.59. The van der Waals surface area contributed by atoms with E-state index in [0.29, 0.717) is 0 Å². The monoisotopic (exact) mass is 303 g/mol. The molecule has 2 N–H and O–H groups in total. The third kappa shape index (κ3) is 4.37. The van der Waals surface area contributed by atoms with Crippen LogP contribution in [0.2, 0.25) is 0 Å². The fourth-order valence-electron chi connectivity index (χ4n) is 1.31. The van der Waals surface area contributed by atoms with E-state index in [-0.39, 0.29) is 0 Å². The summed E-state index contributed by atoms with van der Waals surface area (Å²) in [6.07, 6.45) is -1.18. The number of nitrogens with one attached hydrogen (secondary N) is 1. The number of ether oxygens (including phenoxy) is 1. The standard InChI is InChI=1S/C11H15N2O6S/c1-11(2,3)19-10(14)12-20(17,18)9-7-5-4-6-8(9)13(15)16/h4-7,15H,1-3H3,(H,12,14)/q-1. The molecule has 0 radical (unpaired) electrons. The maximum Gasteiger partial charge on any atom is 0.421 e. The van der Waals surface area contributed by atoms with Gasteiger partial charge in [-0.05, 0) is 32.9 Å². The minimum atomic E-state index is -4.33. The minimum absolute atomic E-state index is 0.511. The molecular weight excluding hydrogens is 288 g/mol. The van der Waals surface area contributed by atoms with Crippen LogP contribution in [-0.4, -0.2) is 25.3 Å². The molecule has 0 aliphatic heterocycles. The van der Waals surface area contributed by atoms with Crippen molar-refractivity contribution < 1.29 is 23.2 Å². The Hall–Kier alpha value is -1.84. The van der Waals surface area contributed by atoms with E-state index in [1.807, 2.05) is 0 Å². The molecular formula is C11H15N2O6S-. The molecule has 1 aromatic carbocycles. The van der Waals surface area contributed by atoms with Crippen LogP contribution < -0.4 is 9.95 Å². The lowest BCUT2D eigenvalue weighted by Gasteiger charge is -2.24. The first-order valence-electron chi connectivity index (χ1n) is 5.54. The van der Waals surface area contributed by atoms with Gasteiger partial charge in [0, 0.05) is 0 Å². The first kappa shape index (κ1) is 16.2. The second-order valence-corrected chi connectivity index (χ2v) is 6.50. The van der Waals surface area contributed by atoms with Crippen molar-refractivity contribution in [1.29, 1.82) is 0 Å². The van der Waals surface area contributed by atoms with E-state index in [2.05, 4.69) is 0 Å². The van der Waals surface area contributed by atoms with Crippen LogP contribution in [0.1, 0.15) is 20.8 Å². The molecule has 1 rings (SSSR count). The van der Waals surface area contributed by atoms with Gasteiger partial charge in [0.25, 0.3) is 10.0 Å². The second kappa shape index (κ2) is 5.65. The zero-order valence-electron chi connectivity index (χ0n) is 11.2. The predicted molar refractivity (Wildman–Crippen MR) is 70.6 cm³/mol. The molecule has 0 aliphatic rings. The zero-order valence-corrected chi connectivity index (χ0v) is 12.0. The van der Waals surface area contributed by atoms with Crippen LogP contribution in [0.15, 0.2) is 29.2 Å². The molecule has 1 aromatic rings. The molecule has 1 amide bonds. The molecule has 0 aromatic heterocycles. The zero-order chi connectivity index (χ0) is 15.6. The van der Waals surface area contributed by atoms with Gasteiger partial charge in [0.1, 0.15) is 10.5 Å². The molecule has 0 fully saturated rings. The smallest absolute Gasteiger partial charge is 0.421 e. The summed E-state index contributed by atoms with van der Waals surface area (Å²) in [7, 11) is -4.33. The molecule has 0 bridgehead atoms. The van der Waals surface area contributed by atoms with Crippen LogP contribution in [0.5, 0.6) is 0 Å². The van der Waals surface area contributed by atoms with Crippen LogP contribution in [0.3, 0.4) is 0 Å². The van der Waals surface area contributed by atoms with Gasteiger partial charge < -0.3 is 15.2 Å². The molecule has 112 valence electrons. The lowest BCUT2D eigenvalue weighted by molar-refractivity contribution is 0.0570. The number of rotatable bonds is 3. The number of nitrogens with zero attached hydrogens (tertiary/aromatic N) is 1. The number of sulfonamides is 1. The fraction of sp³-hybridized carbons (Fsp3) is 0.364. The normalized spacial score (nSPS) is 11.8. The van der Waals surface area contributed by atoms with Gasteiger partial charge in [-0.25, -0.2) is 17.9 Å². The van der Waals surface area contributed by atoms with E-state index < -0.39 is 37.5 Å². The Balaban J connectivity index is 3.04. The number of benzene rings is 1. The third-order valence-corrected chi connectivity index (χ3v) is 3.34. The van der Waals surface area contributed by atoms with Crippen molar-refractivity contribution in [3.05, 3.63) is 29.5 Å². The summed E-state index contributed by atoms with van der Waals surface area (Å²) in [6.45, 7) is 4.71. The Labute approximate surface area is 116 Å². The van der Waals surface area contributed by atoms with Gasteiger partial charge in [0.05, 0.1) is 5.69 Å². The average molecular weight is 303 g/mol. The van der Waals surface area contributed by atoms with Crippen molar-refractivity contribution in [1.82, 2.24) is 4.72 Å². The third-order valence-electron chi connectivity index (χ3n) is 1.98. The summed E-state index contributed by atoms with van der Waals surface area (Å²) in [6, 6.07) is 4.87. The highest BCUT2D eigenvalue weighted by Crippen LogP contribution is 2.23. The van der Waals surface area contributed by atoms with Gasteiger partial charge >= 0.3 is 6.09 Å². The quantitative estimate of drug-likeness (QED) is 0.814. The molecule has 0 heterocycles. The van der Waals surface area contributed by atoms with Gasteiger partial charge in [-0.15, -0.1) is 0 Å². The van der Waals surface area contributed by atoms with E-state index in [0.717, 1.165) is 12.1 Å². The highest BCUT2D eigenvalue weighted by molar-refractivity contribution is 7.90. The van der Waals surface area contributed by atoms with Crippen molar-refractivity contribution in [3.8, 4) is 0 Å². The first-order valence-corrected chi connectivity index (χ1v) is 7.02. The van der Waals surface area contributed by atoms with Gasteiger partial charge in [-0.3, -0.25) is 5.21 Å². The maximum absolute atomic E-state index is 12.0. The number of anilines is 1. The SMILES string of the molecule is CC(C)(C)OC(=O)NS(=O)(=O)c1ccccc1N([O-])O. The highest BCUT2D eigenvalue weighted by atomic mass is 32.2. The Morgan fingerprint density at radius 2 is 1.90 bits per heavy atom. The van der Waals surface area contributed by atoms with Crippen LogP contribution in [0, 0.1) is 5.21 Å². The molecule has 0 saturated carbocycles. The number of hydrogen-bond acceptors (Lipinski definition) is 7. The van der Waals surface area contributed by atoms with E-state index in [1.54, 1.807) is 25.5 Å². The molecule has 0 aliphatic carbocycles. The van der Waals surface area contributed by atoms with E-state index in [4.69, 9.17) is 9.94 Å². The van der Waals surface area contributed by atoms with E-state index >= 15 is 0 Å². The van der Waals surface area contributed by atoms with Gasteiger partial charge in [0.2, 0.25) is 0 Å². The lowest BCUT2D eigenvalue weighted by Crippen LogP contribution is -2.36. The molecule has 8 nitrogen and oxygen atoms in total. The van der Waals surface area contributed by atoms with Crippen molar-refractivity contribution in [2.75, 3.05) is 5.23 Å². The minimum Gasteiger partial charge on any atom is -0.733 e. The van der Waals surface area contributed by atoms with Gasteiger partial charge in [-0.2, -0.15) is 0 Å². The molecule has 9 heteroatoms. The van der Waals surface area contributed by atoms with Gasteiger partial charge in [-0.1, -0.05) is 12.1 Å². The topological polar surface area (TPSA) is 119 Å². The second-order valence-electron chi connectivity index (χ2n) is 4.85. The average Bonchev–Trinajstić information content (AvgIpc) is 2.25. The van der Waals surface area contributed by atoms with Crippen LogP contribution in [0.4, 0.5) is 10.5 Å². The summed E-state index contributed by atoms with van der Waals surface area (Å²) in [5, 5.41) is 19.2. The van der Waals surface area contributed by atoms with Gasteiger partial charge in [0.15, 0.2) is 0 Å². The fourth-order valence-corrected chi connectivity index (χ4v) is 2.36. The number of hydrogen-bond donors (Lipinski definition) is 2. The maximum atomic E-state index is 12.0. The Morgan fingerprint density at radius 3 is 2.40 bits per heavy atom. The number of para-hydroxylation sites is 1. The van der Waals surface area contributed by atoms with Crippen molar-refractivity contribution in [3.63, 3.8) is 0 Å². The summed E-state index contributed by atoms with van der Waals surface area (Å²) < 4.78 is 30.4. The van der Waals surface area contributed by atoms with E-state index in [1.165, 1.54) is 12.1 Å².